The summed E-state index contributed by atoms with van der Waals surface area (Å²) in [5, 5.41) is 9.02. The molecule has 2 aliphatic rings. The topological polar surface area (TPSA) is 94.2 Å². The lowest BCUT2D eigenvalue weighted by atomic mass is 10.1. The van der Waals surface area contributed by atoms with E-state index < -0.39 is 0 Å². The highest BCUT2D eigenvalue weighted by molar-refractivity contribution is 5.49. The average Bonchev–Trinajstić information content (AvgIpc) is 3.16. The van der Waals surface area contributed by atoms with E-state index in [0.717, 1.165) is 74.2 Å². The van der Waals surface area contributed by atoms with Gasteiger partial charge in [-0.05, 0) is 26.0 Å². The summed E-state index contributed by atoms with van der Waals surface area (Å²) >= 11 is 0. The van der Waals surface area contributed by atoms with Crippen molar-refractivity contribution in [2.45, 2.75) is 33.4 Å². The van der Waals surface area contributed by atoms with E-state index in [9.17, 15) is 4.79 Å². The molecule has 5 heterocycles. The van der Waals surface area contributed by atoms with Crippen LogP contribution in [0.1, 0.15) is 22.6 Å². The molecular weight excluding hydrogens is 408 g/mol. The Bertz CT molecular complexity index is 1160. The van der Waals surface area contributed by atoms with Crippen molar-refractivity contribution >= 4 is 5.82 Å². The Morgan fingerprint density at radius 2 is 1.88 bits per heavy atom. The minimum absolute atomic E-state index is 0.0958. The van der Waals surface area contributed by atoms with Gasteiger partial charge in [0.2, 0.25) is 0 Å². The third-order valence-corrected chi connectivity index (χ3v) is 6.12. The second-order valence-electron chi connectivity index (χ2n) is 8.35. The van der Waals surface area contributed by atoms with Gasteiger partial charge in [-0.15, -0.1) is 5.10 Å². The Hall–Kier alpha value is -3.11. The summed E-state index contributed by atoms with van der Waals surface area (Å²) in [5.74, 6) is 1.67. The second kappa shape index (κ2) is 8.79. The highest BCUT2D eigenvalue weighted by Gasteiger charge is 2.23. The standard InChI is InChI=1S/C22H28N8O2/c1-16-13-17(2)30(25-16)20-3-4-21(31)29(26-20)11-8-27-6-9-28(10-7-27)22-18-14-32-12-5-19(18)23-15-24-22/h3-4,13,15H,5-12,14H2,1-2H3. The maximum absolute atomic E-state index is 12.4. The Balaban J connectivity index is 1.22. The van der Waals surface area contributed by atoms with Crippen molar-refractivity contribution in [3.63, 3.8) is 0 Å². The number of nitrogens with zero attached hydrogens (tertiary/aromatic N) is 8. The molecule has 1 fully saturated rings. The molecule has 32 heavy (non-hydrogen) atoms. The van der Waals surface area contributed by atoms with Gasteiger partial charge in [0, 0.05) is 56.5 Å². The third kappa shape index (κ3) is 4.15. The van der Waals surface area contributed by atoms with E-state index in [2.05, 4.69) is 30.0 Å². The largest absolute Gasteiger partial charge is 0.376 e. The van der Waals surface area contributed by atoms with Gasteiger partial charge in [-0.2, -0.15) is 5.10 Å². The van der Waals surface area contributed by atoms with Gasteiger partial charge in [0.25, 0.3) is 5.56 Å². The van der Waals surface area contributed by atoms with Gasteiger partial charge in [0.15, 0.2) is 5.82 Å². The van der Waals surface area contributed by atoms with Crippen LogP contribution in [-0.4, -0.2) is 73.8 Å². The lowest BCUT2D eigenvalue weighted by Gasteiger charge is -2.36. The molecular formula is C22H28N8O2. The molecule has 2 aliphatic heterocycles. The summed E-state index contributed by atoms with van der Waals surface area (Å²) in [5.41, 5.74) is 4.06. The van der Waals surface area contributed by atoms with E-state index in [4.69, 9.17) is 4.74 Å². The molecule has 168 valence electrons. The monoisotopic (exact) mass is 436 g/mol. The van der Waals surface area contributed by atoms with Crippen LogP contribution < -0.4 is 10.5 Å². The minimum Gasteiger partial charge on any atom is -0.376 e. The number of piperazine rings is 1. The highest BCUT2D eigenvalue weighted by Crippen LogP contribution is 2.25. The van der Waals surface area contributed by atoms with Gasteiger partial charge < -0.3 is 9.64 Å². The SMILES string of the molecule is Cc1cc(C)n(-c2ccc(=O)n(CCN3CCN(c4ncnc5c4COCC5)CC3)n2)n1. The number of aryl methyl sites for hydroxylation is 2. The molecule has 10 nitrogen and oxygen atoms in total. The predicted octanol–water partition coefficient (Wildman–Crippen LogP) is 0.731. The smallest absolute Gasteiger partial charge is 0.266 e. The fourth-order valence-electron chi connectivity index (χ4n) is 4.41. The van der Waals surface area contributed by atoms with Gasteiger partial charge in [0.05, 0.1) is 31.1 Å². The molecule has 10 heteroatoms. The quantitative estimate of drug-likeness (QED) is 0.578. The number of rotatable bonds is 5. The number of hydrogen-bond acceptors (Lipinski definition) is 8. The first-order valence-corrected chi connectivity index (χ1v) is 11.1. The van der Waals surface area contributed by atoms with E-state index in [-0.39, 0.29) is 5.56 Å². The van der Waals surface area contributed by atoms with Crippen LogP contribution in [0, 0.1) is 13.8 Å². The summed E-state index contributed by atoms with van der Waals surface area (Å²) in [7, 11) is 0. The van der Waals surface area contributed by atoms with Crippen LogP contribution in [0.25, 0.3) is 5.82 Å². The Morgan fingerprint density at radius 3 is 2.66 bits per heavy atom. The molecule has 0 amide bonds. The second-order valence-corrected chi connectivity index (χ2v) is 8.35. The van der Waals surface area contributed by atoms with Gasteiger partial charge in [-0.1, -0.05) is 0 Å². The molecule has 0 saturated carbocycles. The van der Waals surface area contributed by atoms with Crippen molar-refractivity contribution < 1.29 is 4.74 Å². The molecule has 0 radical (unpaired) electrons. The highest BCUT2D eigenvalue weighted by atomic mass is 16.5. The van der Waals surface area contributed by atoms with Gasteiger partial charge in [-0.3, -0.25) is 9.69 Å². The van der Waals surface area contributed by atoms with Gasteiger partial charge in [-0.25, -0.2) is 19.3 Å². The van der Waals surface area contributed by atoms with E-state index in [1.165, 1.54) is 4.68 Å². The zero-order valence-corrected chi connectivity index (χ0v) is 18.6. The summed E-state index contributed by atoms with van der Waals surface area (Å²) < 4.78 is 8.95. The fraction of sp³-hybridized carbons (Fsp3) is 0.500. The molecule has 0 unspecified atom stereocenters. The van der Waals surface area contributed by atoms with Crippen molar-refractivity contribution in [1.82, 2.24) is 34.4 Å². The van der Waals surface area contributed by atoms with Crippen molar-refractivity contribution in [1.29, 1.82) is 0 Å². The summed E-state index contributed by atoms with van der Waals surface area (Å²) in [6.45, 7) is 10.2. The summed E-state index contributed by atoms with van der Waals surface area (Å²) in [6.07, 6.45) is 2.52. The zero-order chi connectivity index (χ0) is 22.1. The molecule has 0 aromatic carbocycles. The van der Waals surface area contributed by atoms with Crippen LogP contribution in [0.15, 0.2) is 29.3 Å². The maximum Gasteiger partial charge on any atom is 0.266 e. The first kappa shape index (κ1) is 20.8. The normalized spacial score (nSPS) is 16.9. The molecule has 0 N–H and O–H groups in total. The minimum atomic E-state index is -0.0958. The van der Waals surface area contributed by atoms with Crippen LogP contribution in [0.2, 0.25) is 0 Å². The van der Waals surface area contributed by atoms with E-state index >= 15 is 0 Å². The number of fused-ring (bicyclic) bond motifs is 1. The molecule has 0 atom stereocenters. The molecule has 5 rings (SSSR count). The Morgan fingerprint density at radius 1 is 1.03 bits per heavy atom. The van der Waals surface area contributed by atoms with Crippen LogP contribution in [0.3, 0.4) is 0 Å². The van der Waals surface area contributed by atoms with Crippen LogP contribution in [0.5, 0.6) is 0 Å². The lowest BCUT2D eigenvalue weighted by molar-refractivity contribution is 0.109. The Kier molecular flexibility index (Phi) is 5.71. The van der Waals surface area contributed by atoms with E-state index in [0.29, 0.717) is 19.0 Å². The third-order valence-electron chi connectivity index (χ3n) is 6.12. The molecule has 0 bridgehead atoms. The van der Waals surface area contributed by atoms with Crippen molar-refractivity contribution in [2.24, 2.45) is 0 Å². The first-order chi connectivity index (χ1) is 15.6. The van der Waals surface area contributed by atoms with Gasteiger partial charge in [0.1, 0.15) is 12.1 Å². The van der Waals surface area contributed by atoms with Crippen LogP contribution in [-0.2, 0) is 24.3 Å². The lowest BCUT2D eigenvalue weighted by Crippen LogP contribution is -2.48. The van der Waals surface area contributed by atoms with Crippen LogP contribution in [0.4, 0.5) is 5.82 Å². The van der Waals surface area contributed by atoms with E-state index in [1.807, 2.05) is 19.9 Å². The predicted molar refractivity (Wildman–Crippen MR) is 119 cm³/mol. The maximum atomic E-state index is 12.4. The van der Waals surface area contributed by atoms with Crippen molar-refractivity contribution in [3.05, 3.63) is 57.5 Å². The van der Waals surface area contributed by atoms with Crippen molar-refractivity contribution in [3.8, 4) is 5.82 Å². The first-order valence-electron chi connectivity index (χ1n) is 11.1. The summed E-state index contributed by atoms with van der Waals surface area (Å²) in [6, 6.07) is 5.29. The molecule has 1 saturated heterocycles. The van der Waals surface area contributed by atoms with E-state index in [1.54, 1.807) is 23.1 Å². The average molecular weight is 437 g/mol. The number of hydrogen-bond donors (Lipinski definition) is 0. The Labute approximate surface area is 186 Å². The molecule has 0 spiro atoms. The molecule has 3 aromatic heterocycles. The number of aromatic nitrogens is 6. The molecule has 3 aromatic rings. The van der Waals surface area contributed by atoms with Crippen molar-refractivity contribution in [2.75, 3.05) is 44.2 Å². The van der Waals surface area contributed by atoms with Crippen LogP contribution >= 0.6 is 0 Å². The zero-order valence-electron chi connectivity index (χ0n) is 18.6. The summed E-state index contributed by atoms with van der Waals surface area (Å²) in [4.78, 5) is 26.0. The number of anilines is 1. The fourth-order valence-corrected chi connectivity index (χ4v) is 4.41. The van der Waals surface area contributed by atoms with Gasteiger partial charge >= 0.3 is 0 Å². The number of ether oxygens (including phenoxy) is 1. The molecule has 0 aliphatic carbocycles.